The largest absolute Gasteiger partial charge is 0.450 e. The summed E-state index contributed by atoms with van der Waals surface area (Å²) in [5.74, 6) is -0.405. The van der Waals surface area contributed by atoms with Crippen molar-refractivity contribution >= 4 is 22.8 Å². The average Bonchev–Trinajstić information content (AvgIpc) is 2.71. The fourth-order valence-electron chi connectivity index (χ4n) is 2.94. The third kappa shape index (κ3) is 6.92. The van der Waals surface area contributed by atoms with Gasteiger partial charge in [-0.1, -0.05) is 68.7 Å². The van der Waals surface area contributed by atoms with E-state index in [1.165, 1.54) is 0 Å². The van der Waals surface area contributed by atoms with E-state index in [9.17, 15) is 9.59 Å². The molecule has 2 rings (SSSR count). The van der Waals surface area contributed by atoms with E-state index >= 15 is 0 Å². The molecule has 0 aliphatic carbocycles. The van der Waals surface area contributed by atoms with Gasteiger partial charge in [0.1, 0.15) is 12.6 Å². The quantitative estimate of drug-likeness (QED) is 0.485. The zero-order valence-electron chi connectivity index (χ0n) is 16.2. The molecule has 0 aliphatic rings. The summed E-state index contributed by atoms with van der Waals surface area (Å²) in [5, 5.41) is 16.0. The van der Waals surface area contributed by atoms with E-state index in [0.717, 1.165) is 42.0 Å². The molecule has 0 radical (unpaired) electrons. The van der Waals surface area contributed by atoms with Crippen molar-refractivity contribution in [3.8, 4) is 6.07 Å². The van der Waals surface area contributed by atoms with Crippen molar-refractivity contribution in [2.24, 2.45) is 0 Å². The molecule has 0 bridgehead atoms. The zero-order chi connectivity index (χ0) is 20.2. The SMILES string of the molecule is CCCCCCOC(=O)NC(Cc1ccc2ccccc2c1)C(=O)NCC#N. The third-order valence-corrected chi connectivity index (χ3v) is 4.43. The van der Waals surface area contributed by atoms with E-state index in [-0.39, 0.29) is 6.54 Å². The highest BCUT2D eigenvalue weighted by Crippen LogP contribution is 2.17. The number of ether oxygens (including phenoxy) is 1. The minimum absolute atomic E-state index is 0.110. The summed E-state index contributed by atoms with van der Waals surface area (Å²) in [6.45, 7) is 2.33. The highest BCUT2D eigenvalue weighted by Gasteiger charge is 2.22. The van der Waals surface area contributed by atoms with Gasteiger partial charge in [0.15, 0.2) is 0 Å². The van der Waals surface area contributed by atoms with Gasteiger partial charge in [-0.2, -0.15) is 5.26 Å². The molecule has 28 heavy (non-hydrogen) atoms. The van der Waals surface area contributed by atoms with Crippen LogP contribution in [0.3, 0.4) is 0 Å². The number of carbonyl (C=O) groups is 2. The lowest BCUT2D eigenvalue weighted by Crippen LogP contribution is -2.48. The number of rotatable bonds is 10. The van der Waals surface area contributed by atoms with Crippen molar-refractivity contribution < 1.29 is 14.3 Å². The Labute approximate surface area is 165 Å². The second kappa shape index (κ2) is 11.6. The summed E-state index contributed by atoms with van der Waals surface area (Å²) in [4.78, 5) is 24.5. The Morgan fingerprint density at radius 1 is 1.11 bits per heavy atom. The zero-order valence-corrected chi connectivity index (χ0v) is 16.2. The molecule has 1 atom stereocenters. The second-order valence-electron chi connectivity index (χ2n) is 6.66. The molecule has 2 aromatic rings. The maximum Gasteiger partial charge on any atom is 0.407 e. The highest BCUT2D eigenvalue weighted by molar-refractivity contribution is 5.87. The lowest BCUT2D eigenvalue weighted by Gasteiger charge is -2.18. The minimum Gasteiger partial charge on any atom is -0.450 e. The Bertz CT molecular complexity index is 829. The molecule has 2 N–H and O–H groups in total. The van der Waals surface area contributed by atoms with Crippen LogP contribution in [0, 0.1) is 11.3 Å². The second-order valence-corrected chi connectivity index (χ2v) is 6.66. The summed E-state index contributed by atoms with van der Waals surface area (Å²) >= 11 is 0. The number of carbonyl (C=O) groups excluding carboxylic acids is 2. The number of nitriles is 1. The Morgan fingerprint density at radius 2 is 1.89 bits per heavy atom. The van der Waals surface area contributed by atoms with E-state index in [4.69, 9.17) is 10.00 Å². The number of amides is 2. The molecular weight excluding hydrogens is 354 g/mol. The summed E-state index contributed by atoms with van der Waals surface area (Å²) in [6, 6.07) is 14.9. The number of benzene rings is 2. The molecule has 0 aliphatic heterocycles. The van der Waals surface area contributed by atoms with Gasteiger partial charge in [-0.3, -0.25) is 4.79 Å². The molecular formula is C22H27N3O3. The molecule has 6 heteroatoms. The van der Waals surface area contributed by atoms with Crippen LogP contribution in [-0.4, -0.2) is 31.2 Å². The van der Waals surface area contributed by atoms with Gasteiger partial charge in [0, 0.05) is 6.42 Å². The smallest absolute Gasteiger partial charge is 0.407 e. The Kier molecular flexibility index (Phi) is 8.80. The Balaban J connectivity index is 2.00. The molecule has 0 fully saturated rings. The van der Waals surface area contributed by atoms with Crippen LogP contribution >= 0.6 is 0 Å². The van der Waals surface area contributed by atoms with Gasteiger partial charge in [-0.05, 0) is 22.8 Å². The minimum atomic E-state index is -0.808. The molecule has 0 spiro atoms. The van der Waals surface area contributed by atoms with Crippen LogP contribution in [0.1, 0.15) is 38.2 Å². The predicted molar refractivity (Wildman–Crippen MR) is 109 cm³/mol. The fourth-order valence-corrected chi connectivity index (χ4v) is 2.94. The molecule has 6 nitrogen and oxygen atoms in total. The third-order valence-electron chi connectivity index (χ3n) is 4.43. The first kappa shape index (κ1) is 21.2. The molecule has 0 heterocycles. The lowest BCUT2D eigenvalue weighted by atomic mass is 10.0. The van der Waals surface area contributed by atoms with Gasteiger partial charge >= 0.3 is 6.09 Å². The Hall–Kier alpha value is -3.07. The van der Waals surface area contributed by atoms with E-state index in [1.807, 2.05) is 48.5 Å². The van der Waals surface area contributed by atoms with Crippen molar-refractivity contribution in [1.82, 2.24) is 10.6 Å². The summed E-state index contributed by atoms with van der Waals surface area (Å²) in [7, 11) is 0. The van der Waals surface area contributed by atoms with Gasteiger partial charge in [0.25, 0.3) is 0 Å². The van der Waals surface area contributed by atoms with Crippen LogP contribution in [0.25, 0.3) is 10.8 Å². The van der Waals surface area contributed by atoms with E-state index in [2.05, 4.69) is 17.6 Å². The summed E-state index contributed by atoms with van der Waals surface area (Å²) < 4.78 is 5.19. The van der Waals surface area contributed by atoms with Gasteiger partial charge in [-0.15, -0.1) is 0 Å². The normalized spacial score (nSPS) is 11.4. The maximum atomic E-state index is 12.4. The number of alkyl carbamates (subject to hydrolysis) is 1. The van der Waals surface area contributed by atoms with Gasteiger partial charge in [0.2, 0.25) is 5.91 Å². The van der Waals surface area contributed by atoms with Crippen LogP contribution in [0.5, 0.6) is 0 Å². The number of nitrogens with one attached hydrogen (secondary N) is 2. The molecule has 2 amide bonds. The molecule has 0 saturated heterocycles. The average molecular weight is 381 g/mol. The molecule has 148 valence electrons. The van der Waals surface area contributed by atoms with Crippen LogP contribution in [0.15, 0.2) is 42.5 Å². The maximum absolute atomic E-state index is 12.4. The van der Waals surface area contributed by atoms with Gasteiger partial charge in [0.05, 0.1) is 12.7 Å². The Morgan fingerprint density at radius 3 is 2.64 bits per heavy atom. The fraction of sp³-hybridized carbons (Fsp3) is 0.409. The van der Waals surface area contributed by atoms with Crippen LogP contribution in [-0.2, 0) is 16.0 Å². The summed E-state index contributed by atoms with van der Waals surface area (Å²) in [6.07, 6.45) is 3.72. The van der Waals surface area contributed by atoms with Gasteiger partial charge < -0.3 is 15.4 Å². The van der Waals surface area contributed by atoms with E-state index in [0.29, 0.717) is 13.0 Å². The van der Waals surface area contributed by atoms with E-state index in [1.54, 1.807) is 0 Å². The summed E-state index contributed by atoms with van der Waals surface area (Å²) in [5.41, 5.74) is 0.916. The number of nitrogens with zero attached hydrogens (tertiary/aromatic N) is 1. The number of unbranched alkanes of at least 4 members (excludes halogenated alkanes) is 3. The molecule has 0 saturated carbocycles. The molecule has 2 aromatic carbocycles. The van der Waals surface area contributed by atoms with E-state index < -0.39 is 18.0 Å². The van der Waals surface area contributed by atoms with Crippen molar-refractivity contribution in [2.45, 2.75) is 45.1 Å². The molecule has 0 aromatic heterocycles. The first-order chi connectivity index (χ1) is 13.6. The standard InChI is InChI=1S/C22H27N3O3/c1-2-3-4-7-14-28-22(27)25-20(21(26)24-13-12-23)16-17-10-11-18-8-5-6-9-19(18)15-17/h5-6,8-11,15,20H,2-4,7,13-14,16H2,1H3,(H,24,26)(H,25,27). The first-order valence-electron chi connectivity index (χ1n) is 9.69. The highest BCUT2D eigenvalue weighted by atomic mass is 16.5. The number of hydrogen-bond donors (Lipinski definition) is 2. The first-order valence-corrected chi connectivity index (χ1v) is 9.69. The van der Waals surface area contributed by atoms with Crippen LogP contribution in [0.4, 0.5) is 4.79 Å². The topological polar surface area (TPSA) is 91.2 Å². The van der Waals surface area contributed by atoms with Crippen LogP contribution in [0.2, 0.25) is 0 Å². The number of fused-ring (bicyclic) bond motifs is 1. The number of hydrogen-bond acceptors (Lipinski definition) is 4. The predicted octanol–water partition coefficient (Wildman–Crippen LogP) is 3.70. The van der Waals surface area contributed by atoms with Crippen molar-refractivity contribution in [3.63, 3.8) is 0 Å². The monoisotopic (exact) mass is 381 g/mol. The van der Waals surface area contributed by atoms with Crippen molar-refractivity contribution in [1.29, 1.82) is 5.26 Å². The van der Waals surface area contributed by atoms with Crippen molar-refractivity contribution in [2.75, 3.05) is 13.2 Å². The molecule has 1 unspecified atom stereocenters. The lowest BCUT2D eigenvalue weighted by molar-refractivity contribution is -0.122. The van der Waals surface area contributed by atoms with Crippen LogP contribution < -0.4 is 10.6 Å². The van der Waals surface area contributed by atoms with Crippen molar-refractivity contribution in [3.05, 3.63) is 48.0 Å². The van der Waals surface area contributed by atoms with Gasteiger partial charge in [-0.25, -0.2) is 4.79 Å².